The Morgan fingerprint density at radius 1 is 1.05 bits per heavy atom. The topological polar surface area (TPSA) is 69.6 Å². The van der Waals surface area contributed by atoms with E-state index >= 15 is 0 Å². The fourth-order valence-electron chi connectivity index (χ4n) is 2.16. The highest BCUT2D eigenvalue weighted by molar-refractivity contribution is 9.10. The van der Waals surface area contributed by atoms with E-state index in [0.29, 0.717) is 11.5 Å². The van der Waals surface area contributed by atoms with Crippen molar-refractivity contribution < 1.29 is 0 Å². The molecule has 0 aliphatic heterocycles. The van der Waals surface area contributed by atoms with Crippen molar-refractivity contribution in [2.75, 3.05) is 5.73 Å². The molecule has 21 heavy (non-hydrogen) atoms. The van der Waals surface area contributed by atoms with Gasteiger partial charge in [-0.25, -0.2) is 0 Å². The summed E-state index contributed by atoms with van der Waals surface area (Å²) in [4.78, 5) is 0. The standard InChI is InChI=1S/C15H14BrN5/c1-9-3-5-13(17)11(7-9)15-18-19-20-21(15)14-6-4-10(2)8-12(14)16/h3-8H,17H2,1-2H3. The van der Waals surface area contributed by atoms with Gasteiger partial charge >= 0.3 is 0 Å². The van der Waals surface area contributed by atoms with E-state index in [1.807, 2.05) is 50.2 Å². The Balaban J connectivity index is 2.19. The molecule has 3 rings (SSSR count). The van der Waals surface area contributed by atoms with Crippen molar-refractivity contribution in [2.24, 2.45) is 0 Å². The van der Waals surface area contributed by atoms with Gasteiger partial charge in [0.1, 0.15) is 0 Å². The second kappa shape index (κ2) is 5.29. The number of hydrogen-bond acceptors (Lipinski definition) is 4. The van der Waals surface area contributed by atoms with Crippen LogP contribution in [0.5, 0.6) is 0 Å². The second-order valence-corrected chi connectivity index (χ2v) is 5.81. The van der Waals surface area contributed by atoms with Crippen LogP contribution in [0, 0.1) is 13.8 Å². The van der Waals surface area contributed by atoms with E-state index in [0.717, 1.165) is 26.9 Å². The fraction of sp³-hybridized carbons (Fsp3) is 0.133. The van der Waals surface area contributed by atoms with Crippen LogP contribution < -0.4 is 5.73 Å². The van der Waals surface area contributed by atoms with Gasteiger partial charge in [0, 0.05) is 15.7 Å². The highest BCUT2D eigenvalue weighted by Crippen LogP contribution is 2.29. The van der Waals surface area contributed by atoms with E-state index in [9.17, 15) is 0 Å². The molecule has 0 fully saturated rings. The fourth-order valence-corrected chi connectivity index (χ4v) is 2.83. The molecule has 0 spiro atoms. The van der Waals surface area contributed by atoms with Gasteiger partial charge in [0.2, 0.25) is 0 Å². The Bertz CT molecular complexity index is 810. The Labute approximate surface area is 130 Å². The van der Waals surface area contributed by atoms with Gasteiger partial charge in [-0.3, -0.25) is 0 Å². The zero-order valence-electron chi connectivity index (χ0n) is 11.7. The van der Waals surface area contributed by atoms with Crippen molar-refractivity contribution in [1.82, 2.24) is 20.2 Å². The van der Waals surface area contributed by atoms with Crippen LogP contribution in [-0.2, 0) is 0 Å². The van der Waals surface area contributed by atoms with Crippen LogP contribution in [0.2, 0.25) is 0 Å². The number of nitrogens with two attached hydrogens (primary N) is 1. The molecular formula is C15H14BrN5. The van der Waals surface area contributed by atoms with Crippen LogP contribution in [-0.4, -0.2) is 20.2 Å². The molecule has 0 aliphatic rings. The van der Waals surface area contributed by atoms with Crippen LogP contribution in [0.4, 0.5) is 5.69 Å². The Morgan fingerprint density at radius 3 is 2.52 bits per heavy atom. The first-order valence-corrected chi connectivity index (χ1v) is 7.27. The van der Waals surface area contributed by atoms with E-state index in [2.05, 4.69) is 31.5 Å². The minimum Gasteiger partial charge on any atom is -0.398 e. The molecule has 1 aromatic heterocycles. The summed E-state index contributed by atoms with van der Waals surface area (Å²) in [5, 5.41) is 12.0. The lowest BCUT2D eigenvalue weighted by Gasteiger charge is -2.09. The normalized spacial score (nSPS) is 10.8. The summed E-state index contributed by atoms with van der Waals surface area (Å²) in [6.45, 7) is 4.05. The molecule has 2 N–H and O–H groups in total. The maximum absolute atomic E-state index is 6.07. The molecule has 1 heterocycles. The number of nitrogens with zero attached hydrogens (tertiary/aromatic N) is 4. The van der Waals surface area contributed by atoms with E-state index in [4.69, 9.17) is 5.73 Å². The molecule has 106 valence electrons. The van der Waals surface area contributed by atoms with E-state index in [-0.39, 0.29) is 0 Å². The van der Waals surface area contributed by atoms with Gasteiger partial charge in [0.15, 0.2) is 5.82 Å². The molecule has 0 aliphatic carbocycles. The molecule has 0 atom stereocenters. The van der Waals surface area contributed by atoms with Crippen LogP contribution in [0.3, 0.4) is 0 Å². The first-order chi connectivity index (χ1) is 10.1. The lowest BCUT2D eigenvalue weighted by molar-refractivity contribution is 0.788. The largest absolute Gasteiger partial charge is 0.398 e. The van der Waals surface area contributed by atoms with Crippen LogP contribution >= 0.6 is 15.9 Å². The maximum Gasteiger partial charge on any atom is 0.189 e. The molecule has 0 bridgehead atoms. The lowest BCUT2D eigenvalue weighted by Crippen LogP contribution is -2.03. The molecule has 2 aromatic carbocycles. The highest BCUT2D eigenvalue weighted by Gasteiger charge is 2.15. The monoisotopic (exact) mass is 343 g/mol. The second-order valence-electron chi connectivity index (χ2n) is 4.96. The van der Waals surface area contributed by atoms with Gasteiger partial charge < -0.3 is 5.73 Å². The minimum atomic E-state index is 0.626. The van der Waals surface area contributed by atoms with Crippen LogP contribution in [0.25, 0.3) is 17.1 Å². The van der Waals surface area contributed by atoms with Crippen LogP contribution in [0.15, 0.2) is 40.9 Å². The SMILES string of the molecule is Cc1ccc(-n2nnnc2-c2cc(C)ccc2N)c(Br)c1. The summed E-state index contributed by atoms with van der Waals surface area (Å²) < 4.78 is 2.62. The first-order valence-electron chi connectivity index (χ1n) is 6.47. The van der Waals surface area contributed by atoms with Crippen molar-refractivity contribution in [2.45, 2.75) is 13.8 Å². The van der Waals surface area contributed by atoms with Gasteiger partial charge in [-0.2, -0.15) is 4.68 Å². The number of anilines is 1. The van der Waals surface area contributed by atoms with Gasteiger partial charge in [0.05, 0.1) is 5.69 Å². The van der Waals surface area contributed by atoms with Crippen molar-refractivity contribution in [3.05, 3.63) is 52.0 Å². The number of hydrogen-bond donors (Lipinski definition) is 1. The maximum atomic E-state index is 6.07. The average molecular weight is 344 g/mol. The number of tetrazole rings is 1. The highest BCUT2D eigenvalue weighted by atomic mass is 79.9. The third-order valence-electron chi connectivity index (χ3n) is 3.25. The van der Waals surface area contributed by atoms with Crippen molar-refractivity contribution in [3.8, 4) is 17.1 Å². The molecule has 0 amide bonds. The summed E-state index contributed by atoms with van der Waals surface area (Å²) in [5.74, 6) is 0.626. The smallest absolute Gasteiger partial charge is 0.189 e. The summed E-state index contributed by atoms with van der Waals surface area (Å²) in [7, 11) is 0. The number of benzene rings is 2. The zero-order valence-corrected chi connectivity index (χ0v) is 13.3. The van der Waals surface area contributed by atoms with Gasteiger partial charge in [0.25, 0.3) is 0 Å². The number of halogens is 1. The third kappa shape index (κ3) is 2.54. The average Bonchev–Trinajstić information content (AvgIpc) is 2.90. The molecule has 5 nitrogen and oxygen atoms in total. The third-order valence-corrected chi connectivity index (χ3v) is 3.89. The molecule has 3 aromatic rings. The van der Waals surface area contributed by atoms with Gasteiger partial charge in [-0.1, -0.05) is 17.7 Å². The molecule has 0 unspecified atom stereocenters. The van der Waals surface area contributed by atoms with Crippen LogP contribution in [0.1, 0.15) is 11.1 Å². The van der Waals surface area contributed by atoms with Gasteiger partial charge in [-0.15, -0.1) is 5.10 Å². The number of nitrogen functional groups attached to an aromatic ring is 1. The predicted molar refractivity (Wildman–Crippen MR) is 86.2 cm³/mol. The number of aryl methyl sites for hydroxylation is 2. The predicted octanol–water partition coefficient (Wildman–Crippen LogP) is 3.29. The Kier molecular flexibility index (Phi) is 3.47. The molecule has 0 radical (unpaired) electrons. The lowest BCUT2D eigenvalue weighted by atomic mass is 10.1. The zero-order chi connectivity index (χ0) is 15.0. The van der Waals surface area contributed by atoms with E-state index in [1.165, 1.54) is 0 Å². The van der Waals surface area contributed by atoms with E-state index < -0.39 is 0 Å². The summed E-state index contributed by atoms with van der Waals surface area (Å²) in [5.41, 5.74) is 10.7. The van der Waals surface area contributed by atoms with Gasteiger partial charge in [-0.05, 0) is 70.0 Å². The number of rotatable bonds is 2. The summed E-state index contributed by atoms with van der Waals surface area (Å²) in [6, 6.07) is 11.8. The Morgan fingerprint density at radius 2 is 1.76 bits per heavy atom. The first kappa shape index (κ1) is 13.8. The van der Waals surface area contributed by atoms with E-state index in [1.54, 1.807) is 4.68 Å². The summed E-state index contributed by atoms with van der Waals surface area (Å²) in [6.07, 6.45) is 0. The van der Waals surface area contributed by atoms with Crippen molar-refractivity contribution in [1.29, 1.82) is 0 Å². The number of aromatic nitrogens is 4. The molecular weight excluding hydrogens is 330 g/mol. The van der Waals surface area contributed by atoms with Crippen molar-refractivity contribution >= 4 is 21.6 Å². The summed E-state index contributed by atoms with van der Waals surface area (Å²) >= 11 is 3.56. The molecule has 6 heteroatoms. The minimum absolute atomic E-state index is 0.626. The Hall–Kier alpha value is -2.21. The van der Waals surface area contributed by atoms with Crippen molar-refractivity contribution in [3.63, 3.8) is 0 Å². The molecule has 0 saturated carbocycles. The molecule has 0 saturated heterocycles. The quantitative estimate of drug-likeness (QED) is 0.725.